The first kappa shape index (κ1) is 13.4. The van der Waals surface area contributed by atoms with Crippen molar-refractivity contribution in [3.63, 3.8) is 0 Å². The van der Waals surface area contributed by atoms with E-state index in [2.05, 4.69) is 0 Å². The van der Waals surface area contributed by atoms with Gasteiger partial charge in [-0.25, -0.2) is 0 Å². The van der Waals surface area contributed by atoms with Crippen LogP contribution in [0.3, 0.4) is 0 Å². The lowest BCUT2D eigenvalue weighted by Gasteiger charge is -2.07. The molecule has 0 atom stereocenters. The van der Waals surface area contributed by atoms with E-state index in [0.29, 0.717) is 17.9 Å². The summed E-state index contributed by atoms with van der Waals surface area (Å²) in [6.45, 7) is 0.156. The highest BCUT2D eigenvalue weighted by Crippen LogP contribution is 2.13. The van der Waals surface area contributed by atoms with Crippen LogP contribution in [0.5, 0.6) is 5.75 Å². The number of ketones is 1. The van der Waals surface area contributed by atoms with Gasteiger partial charge in [-0.05, 0) is 36.2 Å². The number of Topliss-reactive ketones (excluding diaryl/α,β-unsaturated/α-hetero) is 1. The molecule has 0 aliphatic rings. The quantitative estimate of drug-likeness (QED) is 0.805. The van der Waals surface area contributed by atoms with Crippen LogP contribution >= 0.6 is 0 Å². The van der Waals surface area contributed by atoms with Crippen molar-refractivity contribution in [1.29, 1.82) is 0 Å². The van der Waals surface area contributed by atoms with Gasteiger partial charge in [0.1, 0.15) is 5.75 Å². The van der Waals surface area contributed by atoms with Crippen LogP contribution in [0.25, 0.3) is 0 Å². The molecule has 0 aliphatic heterocycles. The molecule has 0 saturated carbocycles. The van der Waals surface area contributed by atoms with E-state index in [-0.39, 0.29) is 19.0 Å². The Morgan fingerprint density at radius 1 is 1.26 bits per heavy atom. The topological polar surface area (TPSA) is 51.5 Å². The predicted octanol–water partition coefficient (Wildman–Crippen LogP) is 1.82. The molecule has 0 bridgehead atoms. The standard InChI is InChI=1S/C15H17NO3/c1-16-9-2-3-14(16)15(18)11-19-13-6-4-12(5-7-13)8-10-17/h2-7,9,17H,8,10-11H2,1H3. The Morgan fingerprint density at radius 2 is 2.00 bits per heavy atom. The predicted molar refractivity (Wildman–Crippen MR) is 72.5 cm³/mol. The van der Waals surface area contributed by atoms with Gasteiger partial charge >= 0.3 is 0 Å². The molecule has 4 heteroatoms. The second kappa shape index (κ2) is 6.20. The third-order valence-electron chi connectivity index (χ3n) is 2.92. The highest BCUT2D eigenvalue weighted by atomic mass is 16.5. The van der Waals surface area contributed by atoms with Crippen LogP contribution < -0.4 is 4.74 Å². The second-order valence-corrected chi connectivity index (χ2v) is 4.33. The van der Waals surface area contributed by atoms with Gasteiger partial charge in [0.25, 0.3) is 0 Å². The third-order valence-corrected chi connectivity index (χ3v) is 2.92. The average Bonchev–Trinajstić information content (AvgIpc) is 2.84. The van der Waals surface area contributed by atoms with Gasteiger partial charge in [0.05, 0.1) is 5.69 Å². The van der Waals surface area contributed by atoms with Gasteiger partial charge in [-0.2, -0.15) is 0 Å². The first-order chi connectivity index (χ1) is 9.20. The molecule has 0 saturated heterocycles. The summed E-state index contributed by atoms with van der Waals surface area (Å²) >= 11 is 0. The molecule has 0 radical (unpaired) electrons. The zero-order valence-corrected chi connectivity index (χ0v) is 10.9. The van der Waals surface area contributed by atoms with E-state index in [1.54, 1.807) is 10.6 Å². The molecule has 19 heavy (non-hydrogen) atoms. The van der Waals surface area contributed by atoms with Crippen molar-refractivity contribution in [3.05, 3.63) is 53.9 Å². The molecule has 2 aromatic rings. The largest absolute Gasteiger partial charge is 0.485 e. The Morgan fingerprint density at radius 3 is 2.58 bits per heavy atom. The normalized spacial score (nSPS) is 10.4. The van der Waals surface area contributed by atoms with Crippen molar-refractivity contribution in [2.24, 2.45) is 7.05 Å². The van der Waals surface area contributed by atoms with Crippen LogP contribution in [0.1, 0.15) is 16.1 Å². The van der Waals surface area contributed by atoms with E-state index in [9.17, 15) is 4.79 Å². The van der Waals surface area contributed by atoms with Crippen LogP contribution in [-0.4, -0.2) is 28.7 Å². The summed E-state index contributed by atoms with van der Waals surface area (Å²) in [7, 11) is 1.83. The second-order valence-electron chi connectivity index (χ2n) is 4.33. The Bertz CT molecular complexity index is 543. The number of hydrogen-bond donors (Lipinski definition) is 1. The van der Waals surface area contributed by atoms with Gasteiger partial charge in [0, 0.05) is 19.9 Å². The summed E-state index contributed by atoms with van der Waals surface area (Å²) in [5.74, 6) is 0.608. The molecule has 1 aromatic heterocycles. The third kappa shape index (κ3) is 3.45. The van der Waals surface area contributed by atoms with E-state index in [1.807, 2.05) is 43.6 Å². The molecule has 1 N–H and O–H groups in total. The number of ether oxygens (including phenoxy) is 1. The smallest absolute Gasteiger partial charge is 0.216 e. The molecule has 0 aliphatic carbocycles. The molecular weight excluding hydrogens is 242 g/mol. The van der Waals surface area contributed by atoms with Crippen molar-refractivity contribution < 1.29 is 14.6 Å². The van der Waals surface area contributed by atoms with E-state index < -0.39 is 0 Å². The number of aliphatic hydroxyl groups is 1. The summed E-state index contributed by atoms with van der Waals surface area (Å²) < 4.78 is 7.23. The van der Waals surface area contributed by atoms with Gasteiger partial charge in [-0.1, -0.05) is 12.1 Å². The molecular formula is C15H17NO3. The lowest BCUT2D eigenvalue weighted by atomic mass is 10.1. The summed E-state index contributed by atoms with van der Waals surface area (Å²) in [4.78, 5) is 11.9. The van der Waals surface area contributed by atoms with Gasteiger partial charge in [0.15, 0.2) is 6.61 Å². The van der Waals surface area contributed by atoms with E-state index in [0.717, 1.165) is 5.56 Å². The highest BCUT2D eigenvalue weighted by Gasteiger charge is 2.09. The minimum absolute atomic E-state index is 0.0250. The summed E-state index contributed by atoms with van der Waals surface area (Å²) in [6, 6.07) is 11.0. The number of aliphatic hydroxyl groups excluding tert-OH is 1. The first-order valence-corrected chi connectivity index (χ1v) is 6.18. The molecule has 4 nitrogen and oxygen atoms in total. The lowest BCUT2D eigenvalue weighted by molar-refractivity contribution is 0.0913. The monoisotopic (exact) mass is 259 g/mol. The highest BCUT2D eigenvalue weighted by molar-refractivity contribution is 5.95. The van der Waals surface area contributed by atoms with E-state index in [4.69, 9.17) is 9.84 Å². The average molecular weight is 259 g/mol. The maximum absolute atomic E-state index is 11.9. The van der Waals surface area contributed by atoms with Crippen molar-refractivity contribution in [3.8, 4) is 5.75 Å². The van der Waals surface area contributed by atoms with Crippen molar-refractivity contribution in [1.82, 2.24) is 4.57 Å². The fourth-order valence-corrected chi connectivity index (χ4v) is 1.86. The minimum atomic E-state index is -0.0491. The zero-order valence-electron chi connectivity index (χ0n) is 10.9. The molecule has 0 amide bonds. The van der Waals surface area contributed by atoms with Gasteiger partial charge < -0.3 is 14.4 Å². The first-order valence-electron chi connectivity index (χ1n) is 6.18. The van der Waals surface area contributed by atoms with Crippen LogP contribution in [0.2, 0.25) is 0 Å². The number of carbonyl (C=O) groups excluding carboxylic acids is 1. The van der Waals surface area contributed by atoms with E-state index >= 15 is 0 Å². The molecule has 1 aromatic carbocycles. The number of carbonyl (C=O) groups is 1. The van der Waals surface area contributed by atoms with Gasteiger partial charge in [-0.15, -0.1) is 0 Å². The number of hydrogen-bond acceptors (Lipinski definition) is 3. The molecule has 0 unspecified atom stereocenters. The molecule has 0 spiro atoms. The Balaban J connectivity index is 1.92. The fraction of sp³-hybridized carbons (Fsp3) is 0.267. The maximum atomic E-state index is 11.9. The number of aromatic nitrogens is 1. The number of aryl methyl sites for hydroxylation is 1. The number of benzene rings is 1. The Labute approximate surface area is 112 Å². The zero-order chi connectivity index (χ0) is 13.7. The van der Waals surface area contributed by atoms with Gasteiger partial charge in [-0.3, -0.25) is 4.79 Å². The van der Waals surface area contributed by atoms with Crippen molar-refractivity contribution in [2.75, 3.05) is 13.2 Å². The van der Waals surface area contributed by atoms with E-state index in [1.165, 1.54) is 0 Å². The van der Waals surface area contributed by atoms with Crippen LogP contribution in [0.15, 0.2) is 42.6 Å². The summed E-state index contributed by atoms with van der Waals surface area (Å²) in [6.07, 6.45) is 2.46. The van der Waals surface area contributed by atoms with Crippen molar-refractivity contribution >= 4 is 5.78 Å². The SMILES string of the molecule is Cn1cccc1C(=O)COc1ccc(CCO)cc1. The molecule has 0 fully saturated rings. The Hall–Kier alpha value is -2.07. The van der Waals surface area contributed by atoms with Crippen LogP contribution in [0, 0.1) is 0 Å². The molecule has 1 heterocycles. The lowest BCUT2D eigenvalue weighted by Crippen LogP contribution is -2.14. The minimum Gasteiger partial charge on any atom is -0.485 e. The summed E-state index contributed by atoms with van der Waals surface area (Å²) in [5.41, 5.74) is 1.68. The van der Waals surface area contributed by atoms with Gasteiger partial charge in [0.2, 0.25) is 5.78 Å². The number of rotatable bonds is 6. The summed E-state index contributed by atoms with van der Waals surface area (Å²) in [5, 5.41) is 8.82. The maximum Gasteiger partial charge on any atom is 0.216 e. The molecule has 100 valence electrons. The Kier molecular flexibility index (Phi) is 4.36. The van der Waals surface area contributed by atoms with Crippen molar-refractivity contribution in [2.45, 2.75) is 6.42 Å². The number of nitrogens with zero attached hydrogens (tertiary/aromatic N) is 1. The fourth-order valence-electron chi connectivity index (χ4n) is 1.86. The van der Waals surface area contributed by atoms with Crippen LogP contribution in [0.4, 0.5) is 0 Å². The van der Waals surface area contributed by atoms with Crippen LogP contribution in [-0.2, 0) is 13.5 Å². The molecule has 2 rings (SSSR count).